The van der Waals surface area contributed by atoms with Crippen molar-refractivity contribution in [1.82, 2.24) is 5.32 Å². The minimum absolute atomic E-state index is 0.212. The SMILES string of the molecule is COc1ccc(N)cc1C(=O)NCC(=O)O. The lowest BCUT2D eigenvalue weighted by Gasteiger charge is -2.08. The summed E-state index contributed by atoms with van der Waals surface area (Å²) in [6, 6.07) is 4.56. The zero-order chi connectivity index (χ0) is 12.1. The molecule has 0 fully saturated rings. The standard InChI is InChI=1S/C10H12N2O4/c1-16-8-3-2-6(11)4-7(8)10(15)12-5-9(13)14/h2-4H,5,11H2,1H3,(H,12,15)(H,13,14). The molecule has 0 saturated carbocycles. The predicted octanol–water partition coefficient (Wildman–Crippen LogP) is 0.0918. The third-order valence-corrected chi connectivity index (χ3v) is 1.87. The molecule has 0 aromatic heterocycles. The molecule has 0 aliphatic heterocycles. The fraction of sp³-hybridized carbons (Fsp3) is 0.200. The fourth-order valence-electron chi connectivity index (χ4n) is 1.15. The molecule has 1 amide bonds. The average molecular weight is 224 g/mol. The first-order chi connectivity index (χ1) is 7.54. The molecule has 0 aliphatic rings. The summed E-state index contributed by atoms with van der Waals surface area (Å²) in [7, 11) is 1.42. The zero-order valence-electron chi connectivity index (χ0n) is 8.69. The maximum Gasteiger partial charge on any atom is 0.322 e. The van der Waals surface area contributed by atoms with Crippen molar-refractivity contribution in [3.05, 3.63) is 23.8 Å². The summed E-state index contributed by atoms with van der Waals surface area (Å²) >= 11 is 0. The highest BCUT2D eigenvalue weighted by Gasteiger charge is 2.13. The monoisotopic (exact) mass is 224 g/mol. The van der Waals surface area contributed by atoms with E-state index < -0.39 is 18.4 Å². The van der Waals surface area contributed by atoms with E-state index in [1.807, 2.05) is 0 Å². The van der Waals surface area contributed by atoms with Crippen LogP contribution in [0, 0.1) is 0 Å². The molecular weight excluding hydrogens is 212 g/mol. The molecule has 6 heteroatoms. The van der Waals surface area contributed by atoms with Gasteiger partial charge in [0.1, 0.15) is 12.3 Å². The van der Waals surface area contributed by atoms with Crippen LogP contribution in [0.1, 0.15) is 10.4 Å². The quantitative estimate of drug-likeness (QED) is 0.629. The first-order valence-electron chi connectivity index (χ1n) is 4.48. The van der Waals surface area contributed by atoms with Crippen LogP contribution in [0.15, 0.2) is 18.2 Å². The van der Waals surface area contributed by atoms with Gasteiger partial charge >= 0.3 is 5.97 Å². The molecule has 0 bridgehead atoms. The Balaban J connectivity index is 2.88. The summed E-state index contributed by atoms with van der Waals surface area (Å²) in [6.07, 6.45) is 0. The third kappa shape index (κ3) is 2.88. The van der Waals surface area contributed by atoms with Crippen molar-refractivity contribution in [2.75, 3.05) is 19.4 Å². The molecule has 16 heavy (non-hydrogen) atoms. The van der Waals surface area contributed by atoms with Crippen LogP contribution in [0.3, 0.4) is 0 Å². The van der Waals surface area contributed by atoms with Gasteiger partial charge in [-0.25, -0.2) is 0 Å². The van der Waals surface area contributed by atoms with Crippen LogP contribution < -0.4 is 15.8 Å². The molecule has 1 aromatic carbocycles. The van der Waals surface area contributed by atoms with Crippen LogP contribution in [-0.4, -0.2) is 30.6 Å². The summed E-state index contributed by atoms with van der Waals surface area (Å²) in [5.74, 6) is -1.31. The predicted molar refractivity (Wildman–Crippen MR) is 57.4 cm³/mol. The second-order valence-corrected chi connectivity index (χ2v) is 3.04. The Bertz CT molecular complexity index is 417. The van der Waals surface area contributed by atoms with E-state index in [9.17, 15) is 9.59 Å². The van der Waals surface area contributed by atoms with Gasteiger partial charge in [-0.05, 0) is 18.2 Å². The lowest BCUT2D eigenvalue weighted by Crippen LogP contribution is -2.29. The number of carbonyl (C=O) groups excluding carboxylic acids is 1. The van der Waals surface area contributed by atoms with Gasteiger partial charge in [0.25, 0.3) is 5.91 Å². The van der Waals surface area contributed by atoms with Crippen LogP contribution >= 0.6 is 0 Å². The Hall–Kier alpha value is -2.24. The highest BCUT2D eigenvalue weighted by molar-refractivity contribution is 5.99. The molecule has 6 nitrogen and oxygen atoms in total. The number of methoxy groups -OCH3 is 1. The Morgan fingerprint density at radius 3 is 2.75 bits per heavy atom. The molecule has 1 rings (SSSR count). The molecule has 1 aromatic rings. The van der Waals surface area contributed by atoms with Gasteiger partial charge in [-0.15, -0.1) is 0 Å². The van der Waals surface area contributed by atoms with Gasteiger partial charge in [-0.2, -0.15) is 0 Å². The maximum absolute atomic E-state index is 11.6. The number of aliphatic carboxylic acids is 1. The topological polar surface area (TPSA) is 102 Å². The van der Waals surface area contributed by atoms with E-state index in [0.717, 1.165) is 0 Å². The Morgan fingerprint density at radius 2 is 2.19 bits per heavy atom. The van der Waals surface area contributed by atoms with Crippen molar-refractivity contribution >= 4 is 17.6 Å². The van der Waals surface area contributed by atoms with Crippen molar-refractivity contribution in [3.8, 4) is 5.75 Å². The van der Waals surface area contributed by atoms with Gasteiger partial charge < -0.3 is 20.9 Å². The number of rotatable bonds is 4. The van der Waals surface area contributed by atoms with Gasteiger partial charge in [-0.1, -0.05) is 0 Å². The largest absolute Gasteiger partial charge is 0.496 e. The molecule has 0 saturated heterocycles. The van der Waals surface area contributed by atoms with E-state index in [-0.39, 0.29) is 5.56 Å². The number of hydrogen-bond acceptors (Lipinski definition) is 4. The smallest absolute Gasteiger partial charge is 0.322 e. The van der Waals surface area contributed by atoms with Crippen LogP contribution in [0.4, 0.5) is 5.69 Å². The first-order valence-corrected chi connectivity index (χ1v) is 4.48. The lowest BCUT2D eigenvalue weighted by atomic mass is 10.1. The second kappa shape index (κ2) is 5.01. The summed E-state index contributed by atoms with van der Waals surface area (Å²) < 4.78 is 4.96. The van der Waals surface area contributed by atoms with Crippen molar-refractivity contribution in [2.24, 2.45) is 0 Å². The van der Waals surface area contributed by atoms with E-state index >= 15 is 0 Å². The van der Waals surface area contributed by atoms with E-state index in [1.54, 1.807) is 12.1 Å². The lowest BCUT2D eigenvalue weighted by molar-refractivity contribution is -0.135. The average Bonchev–Trinajstić information content (AvgIpc) is 2.25. The van der Waals surface area contributed by atoms with Crippen molar-refractivity contribution in [2.45, 2.75) is 0 Å². The number of anilines is 1. The highest BCUT2D eigenvalue weighted by Crippen LogP contribution is 2.20. The molecule has 0 unspecified atom stereocenters. The number of benzene rings is 1. The van der Waals surface area contributed by atoms with Crippen LogP contribution in [0.2, 0.25) is 0 Å². The maximum atomic E-state index is 11.6. The van der Waals surface area contributed by atoms with Crippen molar-refractivity contribution in [1.29, 1.82) is 0 Å². The molecule has 0 spiro atoms. The minimum atomic E-state index is -1.11. The molecule has 4 N–H and O–H groups in total. The van der Waals surface area contributed by atoms with E-state index in [1.165, 1.54) is 13.2 Å². The Kier molecular flexibility index (Phi) is 3.71. The van der Waals surface area contributed by atoms with E-state index in [0.29, 0.717) is 11.4 Å². The number of carbonyl (C=O) groups is 2. The highest BCUT2D eigenvalue weighted by atomic mass is 16.5. The summed E-state index contributed by atoms with van der Waals surface area (Å²) in [4.78, 5) is 21.9. The Labute approximate surface area is 92.0 Å². The Morgan fingerprint density at radius 1 is 1.50 bits per heavy atom. The van der Waals surface area contributed by atoms with Gasteiger partial charge in [0.2, 0.25) is 0 Å². The number of amides is 1. The zero-order valence-corrected chi connectivity index (χ0v) is 8.69. The number of nitrogen functional groups attached to an aromatic ring is 1. The third-order valence-electron chi connectivity index (χ3n) is 1.87. The van der Waals surface area contributed by atoms with Crippen LogP contribution in [-0.2, 0) is 4.79 Å². The number of nitrogens with one attached hydrogen (secondary N) is 1. The van der Waals surface area contributed by atoms with Gasteiger partial charge in [0, 0.05) is 5.69 Å². The van der Waals surface area contributed by atoms with E-state index in [4.69, 9.17) is 15.6 Å². The van der Waals surface area contributed by atoms with Gasteiger partial charge in [0.15, 0.2) is 0 Å². The van der Waals surface area contributed by atoms with Crippen molar-refractivity contribution < 1.29 is 19.4 Å². The summed E-state index contributed by atoms with van der Waals surface area (Å²) in [5, 5.41) is 10.6. The number of hydrogen-bond donors (Lipinski definition) is 3. The number of nitrogens with two attached hydrogens (primary N) is 1. The molecule has 0 heterocycles. The molecule has 0 radical (unpaired) electrons. The molecular formula is C10H12N2O4. The summed E-state index contributed by atoms with van der Waals surface area (Å²) in [5.41, 5.74) is 6.14. The van der Waals surface area contributed by atoms with E-state index in [2.05, 4.69) is 5.32 Å². The fourth-order valence-corrected chi connectivity index (χ4v) is 1.15. The minimum Gasteiger partial charge on any atom is -0.496 e. The second-order valence-electron chi connectivity index (χ2n) is 3.04. The first kappa shape index (κ1) is 11.8. The van der Waals surface area contributed by atoms with Crippen LogP contribution in [0.25, 0.3) is 0 Å². The number of ether oxygens (including phenoxy) is 1. The van der Waals surface area contributed by atoms with Crippen molar-refractivity contribution in [3.63, 3.8) is 0 Å². The molecule has 86 valence electrons. The molecule has 0 atom stereocenters. The van der Waals surface area contributed by atoms with Gasteiger partial charge in [-0.3, -0.25) is 9.59 Å². The normalized spacial score (nSPS) is 9.56. The number of carboxylic acids is 1. The molecule has 0 aliphatic carbocycles. The van der Waals surface area contributed by atoms with Gasteiger partial charge in [0.05, 0.1) is 12.7 Å². The van der Waals surface area contributed by atoms with Crippen LogP contribution in [0.5, 0.6) is 5.75 Å². The number of carboxylic acid groups (broad SMARTS) is 1. The summed E-state index contributed by atoms with van der Waals surface area (Å²) in [6.45, 7) is -0.448.